The van der Waals surface area contributed by atoms with E-state index in [1.165, 1.54) is 17.6 Å². The molecule has 1 aliphatic rings. The van der Waals surface area contributed by atoms with Gasteiger partial charge in [-0.1, -0.05) is 12.1 Å². The van der Waals surface area contributed by atoms with E-state index in [2.05, 4.69) is 4.99 Å². The Balaban J connectivity index is 1.84. The molecular formula is C27H26N4O6. The monoisotopic (exact) mass is 502 g/mol. The normalized spacial score (nSPS) is 15.8. The fraction of sp³-hybridized carbons (Fsp3) is 0.296. The zero-order chi connectivity index (χ0) is 25.9. The number of esters is 1. The zero-order valence-corrected chi connectivity index (χ0v) is 20.5. The third-order valence-corrected chi connectivity index (χ3v) is 6.22. The molecule has 10 heteroatoms. The molecule has 0 aliphatic carbocycles. The van der Waals surface area contributed by atoms with Crippen LogP contribution in [0.4, 0.5) is 0 Å². The summed E-state index contributed by atoms with van der Waals surface area (Å²) < 4.78 is 19.4. The van der Waals surface area contributed by atoms with Crippen molar-refractivity contribution in [3.63, 3.8) is 0 Å². The van der Waals surface area contributed by atoms with Crippen molar-refractivity contribution in [1.29, 1.82) is 0 Å². The molecule has 1 aromatic carbocycles. The number of aromatic nitrogens is 3. The fourth-order valence-corrected chi connectivity index (χ4v) is 4.44. The molecule has 4 heterocycles. The van der Waals surface area contributed by atoms with Gasteiger partial charge in [0, 0.05) is 18.4 Å². The van der Waals surface area contributed by atoms with Crippen molar-refractivity contribution < 1.29 is 23.8 Å². The van der Waals surface area contributed by atoms with Crippen LogP contribution in [0.5, 0.6) is 5.75 Å². The van der Waals surface area contributed by atoms with Crippen LogP contribution in [0.15, 0.2) is 64.5 Å². The number of hydrogen-bond acceptors (Lipinski definition) is 7. The second-order valence-electron chi connectivity index (χ2n) is 8.58. The minimum absolute atomic E-state index is 0.00151. The summed E-state index contributed by atoms with van der Waals surface area (Å²) in [4.78, 5) is 49.0. The van der Waals surface area contributed by atoms with E-state index < -0.39 is 11.9 Å². The van der Waals surface area contributed by atoms with Crippen LogP contribution in [0.25, 0.3) is 16.7 Å². The standard InChI is InChI=1S/C27H26N4O6/c1-3-36-27(34)21-15-20-23(28-22-11-4-5-12-30(22)26(20)33)31(16-19-10-7-13-37-19)24(21)29-25(32)17-8-6-9-18(14-17)35-2/h4-6,8-9,11-12,14-15,19H,3,7,10,13,16H2,1-2H3/t19-/m0/s1. The van der Waals surface area contributed by atoms with Crippen molar-refractivity contribution in [3.8, 4) is 5.75 Å². The molecule has 10 nitrogen and oxygen atoms in total. The van der Waals surface area contributed by atoms with Crippen LogP contribution in [0.2, 0.25) is 0 Å². The van der Waals surface area contributed by atoms with E-state index >= 15 is 0 Å². The highest BCUT2D eigenvalue weighted by Gasteiger charge is 2.24. The quantitative estimate of drug-likeness (QED) is 0.294. The second kappa shape index (κ2) is 10.4. The number of ether oxygens (including phenoxy) is 3. The molecule has 190 valence electrons. The molecule has 1 aliphatic heterocycles. The van der Waals surface area contributed by atoms with Gasteiger partial charge in [0.05, 0.1) is 31.8 Å². The Labute approximate surface area is 211 Å². The second-order valence-corrected chi connectivity index (χ2v) is 8.58. The largest absolute Gasteiger partial charge is 0.497 e. The number of benzene rings is 1. The Kier molecular flexibility index (Phi) is 6.82. The van der Waals surface area contributed by atoms with Crippen molar-refractivity contribution in [2.24, 2.45) is 4.99 Å². The SMILES string of the molecule is CCOC(=O)c1cc2c(=O)n3ccccc3nc2n(C[C@@H]2CCCO2)c1=NC(=O)c1cccc(OC)c1. The number of carbonyl (C=O) groups excluding carboxylic acids is 2. The predicted octanol–water partition coefficient (Wildman–Crippen LogP) is 2.75. The molecule has 1 fully saturated rings. The zero-order valence-electron chi connectivity index (χ0n) is 20.5. The average Bonchev–Trinajstić information content (AvgIpc) is 3.43. The Morgan fingerprint density at radius 2 is 2.05 bits per heavy atom. The van der Waals surface area contributed by atoms with E-state index in [0.717, 1.165) is 12.8 Å². The number of nitrogens with zero attached hydrogens (tertiary/aromatic N) is 4. The number of pyridine rings is 2. The van der Waals surface area contributed by atoms with Crippen LogP contribution in [0, 0.1) is 0 Å². The van der Waals surface area contributed by atoms with Gasteiger partial charge in [-0.2, -0.15) is 4.99 Å². The maximum absolute atomic E-state index is 13.5. The maximum Gasteiger partial charge on any atom is 0.341 e. The van der Waals surface area contributed by atoms with Gasteiger partial charge < -0.3 is 18.8 Å². The van der Waals surface area contributed by atoms with Gasteiger partial charge in [0.15, 0.2) is 5.49 Å². The molecule has 5 rings (SSSR count). The molecule has 0 spiro atoms. The smallest absolute Gasteiger partial charge is 0.341 e. The van der Waals surface area contributed by atoms with Crippen LogP contribution in [0.3, 0.4) is 0 Å². The lowest BCUT2D eigenvalue weighted by Crippen LogP contribution is -2.35. The molecule has 1 saturated heterocycles. The van der Waals surface area contributed by atoms with Crippen molar-refractivity contribution in [2.75, 3.05) is 20.3 Å². The first-order valence-corrected chi connectivity index (χ1v) is 12.1. The van der Waals surface area contributed by atoms with Gasteiger partial charge in [-0.05, 0) is 56.2 Å². The lowest BCUT2D eigenvalue weighted by molar-refractivity contribution is 0.0521. The minimum atomic E-state index is -0.694. The number of rotatable bonds is 6. The summed E-state index contributed by atoms with van der Waals surface area (Å²) in [5.74, 6) is -0.777. The molecule has 0 saturated carbocycles. The van der Waals surface area contributed by atoms with Crippen LogP contribution in [0.1, 0.15) is 40.5 Å². The Morgan fingerprint density at radius 3 is 2.81 bits per heavy atom. The Bertz CT molecular complexity index is 1630. The van der Waals surface area contributed by atoms with Crippen molar-refractivity contribution in [2.45, 2.75) is 32.4 Å². The predicted molar refractivity (Wildman–Crippen MR) is 135 cm³/mol. The first-order valence-electron chi connectivity index (χ1n) is 12.1. The van der Waals surface area contributed by atoms with Gasteiger partial charge in [-0.15, -0.1) is 0 Å². The summed E-state index contributed by atoms with van der Waals surface area (Å²) in [7, 11) is 1.51. The van der Waals surface area contributed by atoms with Crippen molar-refractivity contribution in [3.05, 3.63) is 81.7 Å². The van der Waals surface area contributed by atoms with Gasteiger partial charge in [-0.3, -0.25) is 14.0 Å². The summed E-state index contributed by atoms with van der Waals surface area (Å²) in [5, 5.41) is 0.206. The summed E-state index contributed by atoms with van der Waals surface area (Å²) in [6.45, 7) is 2.65. The van der Waals surface area contributed by atoms with Gasteiger partial charge in [0.1, 0.15) is 22.6 Å². The van der Waals surface area contributed by atoms with Gasteiger partial charge in [0.2, 0.25) is 0 Å². The molecule has 37 heavy (non-hydrogen) atoms. The Hall–Kier alpha value is -4.31. The van der Waals surface area contributed by atoms with E-state index in [1.54, 1.807) is 60.2 Å². The maximum atomic E-state index is 13.5. The molecular weight excluding hydrogens is 476 g/mol. The number of hydrogen-bond donors (Lipinski definition) is 0. The van der Waals surface area contributed by atoms with Crippen molar-refractivity contribution in [1.82, 2.24) is 14.0 Å². The molecule has 4 aromatic rings. The summed E-state index contributed by atoms with van der Waals surface area (Å²) in [5.41, 5.74) is 0.717. The molecule has 0 radical (unpaired) electrons. The van der Waals surface area contributed by atoms with Gasteiger partial charge >= 0.3 is 5.97 Å². The van der Waals surface area contributed by atoms with Crippen LogP contribution in [-0.2, 0) is 16.0 Å². The lowest BCUT2D eigenvalue weighted by atomic mass is 10.1. The Morgan fingerprint density at radius 1 is 1.19 bits per heavy atom. The minimum Gasteiger partial charge on any atom is -0.497 e. The van der Waals surface area contributed by atoms with Crippen LogP contribution >= 0.6 is 0 Å². The van der Waals surface area contributed by atoms with Crippen LogP contribution < -0.4 is 15.8 Å². The molecule has 0 bridgehead atoms. The third kappa shape index (κ3) is 4.75. The van der Waals surface area contributed by atoms with E-state index in [1.807, 2.05) is 0 Å². The first-order chi connectivity index (χ1) is 18.0. The summed E-state index contributed by atoms with van der Waals surface area (Å²) in [6.07, 6.45) is 3.09. The molecule has 0 unspecified atom stereocenters. The molecule has 1 amide bonds. The lowest BCUT2D eigenvalue weighted by Gasteiger charge is -2.18. The molecule has 0 N–H and O–H groups in total. The van der Waals surface area contributed by atoms with Gasteiger partial charge in [-0.25, -0.2) is 9.78 Å². The third-order valence-electron chi connectivity index (χ3n) is 6.22. The van der Waals surface area contributed by atoms with Crippen LogP contribution in [-0.4, -0.2) is 52.3 Å². The van der Waals surface area contributed by atoms with Gasteiger partial charge in [0.25, 0.3) is 11.5 Å². The highest BCUT2D eigenvalue weighted by molar-refractivity contribution is 5.97. The number of carbonyl (C=O) groups is 2. The summed E-state index contributed by atoms with van der Waals surface area (Å²) >= 11 is 0. The highest BCUT2D eigenvalue weighted by atomic mass is 16.5. The number of fused-ring (bicyclic) bond motifs is 2. The molecule has 1 atom stereocenters. The average molecular weight is 503 g/mol. The van der Waals surface area contributed by atoms with E-state index in [9.17, 15) is 14.4 Å². The topological polar surface area (TPSA) is 113 Å². The van der Waals surface area contributed by atoms with E-state index in [4.69, 9.17) is 19.2 Å². The molecule has 3 aromatic heterocycles. The van der Waals surface area contributed by atoms with E-state index in [-0.39, 0.29) is 46.8 Å². The number of amides is 1. The summed E-state index contributed by atoms with van der Waals surface area (Å²) in [6, 6.07) is 13.2. The van der Waals surface area contributed by atoms with E-state index in [0.29, 0.717) is 23.7 Å². The number of methoxy groups -OCH3 is 1. The van der Waals surface area contributed by atoms with Crippen molar-refractivity contribution >= 4 is 28.6 Å². The highest BCUT2D eigenvalue weighted by Crippen LogP contribution is 2.18. The fourth-order valence-electron chi connectivity index (χ4n) is 4.44. The first kappa shape index (κ1) is 24.4.